The minimum absolute atomic E-state index is 0.164. The third-order valence-electron chi connectivity index (χ3n) is 2.74. The molecule has 0 aromatic heterocycles. The van der Waals surface area contributed by atoms with Crippen LogP contribution in [0.15, 0.2) is 35.9 Å². The number of methoxy groups -OCH3 is 1. The van der Waals surface area contributed by atoms with Crippen LogP contribution in [0.5, 0.6) is 11.5 Å². The van der Waals surface area contributed by atoms with Crippen molar-refractivity contribution in [2.24, 2.45) is 0 Å². The van der Waals surface area contributed by atoms with E-state index in [1.54, 1.807) is 12.0 Å². The number of nitrogens with zero attached hydrogens (tertiary/aromatic N) is 1. The average Bonchev–Trinajstić information content (AvgIpc) is 2.46. The van der Waals surface area contributed by atoms with Gasteiger partial charge in [0.15, 0.2) is 0 Å². The maximum absolute atomic E-state index is 11.5. The Morgan fingerprint density at radius 1 is 1.26 bits per heavy atom. The van der Waals surface area contributed by atoms with Crippen LogP contribution in [0.3, 0.4) is 0 Å². The van der Waals surface area contributed by atoms with Crippen LogP contribution < -0.4 is 9.47 Å². The summed E-state index contributed by atoms with van der Waals surface area (Å²) in [4.78, 5) is 13.3. The van der Waals surface area contributed by atoms with Crippen molar-refractivity contribution in [2.75, 3.05) is 26.0 Å². The Hall–Kier alpha value is -1.62. The molecule has 0 saturated heterocycles. The van der Waals surface area contributed by atoms with Gasteiger partial charge in [0.05, 0.1) is 19.5 Å². The van der Waals surface area contributed by atoms with E-state index in [0.29, 0.717) is 18.9 Å². The van der Waals surface area contributed by atoms with Gasteiger partial charge in [0.2, 0.25) is 5.91 Å². The summed E-state index contributed by atoms with van der Waals surface area (Å²) in [5.74, 6) is 2.33. The molecule has 1 amide bonds. The topological polar surface area (TPSA) is 38.8 Å². The predicted octanol–water partition coefficient (Wildman–Crippen LogP) is 2.51. The molecular weight excluding hydrogens is 262 g/mol. The van der Waals surface area contributed by atoms with Crippen LogP contribution in [0.2, 0.25) is 0 Å². The van der Waals surface area contributed by atoms with Crippen molar-refractivity contribution in [1.82, 2.24) is 4.90 Å². The Balaban J connectivity index is 1.69. The molecule has 0 N–H and O–H groups in total. The van der Waals surface area contributed by atoms with E-state index in [9.17, 15) is 4.79 Å². The smallest absolute Gasteiger partial charge is 0.236 e. The van der Waals surface area contributed by atoms with E-state index < -0.39 is 0 Å². The van der Waals surface area contributed by atoms with Crippen molar-refractivity contribution in [3.05, 3.63) is 35.9 Å². The quantitative estimate of drug-likeness (QED) is 0.750. The minimum atomic E-state index is 0.164. The molecule has 0 fully saturated rings. The van der Waals surface area contributed by atoms with Crippen LogP contribution in [0.1, 0.15) is 6.42 Å². The van der Waals surface area contributed by atoms with E-state index >= 15 is 0 Å². The van der Waals surface area contributed by atoms with Gasteiger partial charge in [0, 0.05) is 12.7 Å². The second-order valence-corrected chi connectivity index (χ2v) is 4.96. The molecule has 1 aliphatic rings. The average molecular weight is 279 g/mol. The molecule has 0 atom stereocenters. The highest BCUT2D eigenvalue weighted by atomic mass is 32.2. The number of amides is 1. The maximum Gasteiger partial charge on any atom is 0.236 e. The summed E-state index contributed by atoms with van der Waals surface area (Å²) >= 11 is 1.53. The monoisotopic (exact) mass is 279 g/mol. The summed E-state index contributed by atoms with van der Waals surface area (Å²) in [6, 6.07) is 7.48. The second-order valence-electron chi connectivity index (χ2n) is 4.06. The Morgan fingerprint density at radius 3 is 2.68 bits per heavy atom. The zero-order valence-corrected chi connectivity index (χ0v) is 11.7. The Bertz CT molecular complexity index is 445. The number of ether oxygens (including phenoxy) is 2. The second kappa shape index (κ2) is 7.09. The van der Waals surface area contributed by atoms with Crippen molar-refractivity contribution in [3.63, 3.8) is 0 Å². The van der Waals surface area contributed by atoms with Gasteiger partial charge in [-0.3, -0.25) is 4.79 Å². The fourth-order valence-electron chi connectivity index (χ4n) is 1.70. The van der Waals surface area contributed by atoms with E-state index in [-0.39, 0.29) is 5.91 Å². The van der Waals surface area contributed by atoms with Gasteiger partial charge in [0.1, 0.15) is 11.5 Å². The first kappa shape index (κ1) is 13.8. The van der Waals surface area contributed by atoms with E-state index in [1.165, 1.54) is 11.8 Å². The van der Waals surface area contributed by atoms with Crippen LogP contribution in [-0.4, -0.2) is 36.8 Å². The van der Waals surface area contributed by atoms with Crippen molar-refractivity contribution < 1.29 is 14.3 Å². The van der Waals surface area contributed by atoms with Gasteiger partial charge in [-0.2, -0.15) is 0 Å². The van der Waals surface area contributed by atoms with Crippen LogP contribution >= 0.6 is 11.8 Å². The maximum atomic E-state index is 11.5. The molecule has 4 nitrogen and oxygen atoms in total. The van der Waals surface area contributed by atoms with Gasteiger partial charge in [-0.15, -0.1) is 11.8 Å². The molecule has 102 valence electrons. The molecule has 5 heteroatoms. The summed E-state index contributed by atoms with van der Waals surface area (Å²) in [5.41, 5.74) is 0. The van der Waals surface area contributed by atoms with E-state index in [2.05, 4.69) is 0 Å². The van der Waals surface area contributed by atoms with Crippen LogP contribution in [0, 0.1) is 0 Å². The van der Waals surface area contributed by atoms with E-state index in [0.717, 1.165) is 17.9 Å². The van der Waals surface area contributed by atoms with E-state index in [4.69, 9.17) is 9.47 Å². The molecule has 0 spiro atoms. The fraction of sp³-hybridized carbons (Fsp3) is 0.357. The third-order valence-corrected chi connectivity index (χ3v) is 3.46. The Kier molecular flexibility index (Phi) is 5.15. The summed E-state index contributed by atoms with van der Waals surface area (Å²) < 4.78 is 10.7. The normalized spacial score (nSPS) is 14.6. The molecular formula is C14H17NO3S. The van der Waals surface area contributed by atoms with Gasteiger partial charge in [-0.25, -0.2) is 0 Å². The highest BCUT2D eigenvalue weighted by Gasteiger charge is 2.13. The molecule has 1 aliphatic heterocycles. The molecule has 0 radical (unpaired) electrons. The third kappa shape index (κ3) is 4.21. The Labute approximate surface area is 117 Å². The molecule has 1 heterocycles. The summed E-state index contributed by atoms with van der Waals surface area (Å²) in [6.45, 7) is 1.29. The first-order valence-electron chi connectivity index (χ1n) is 6.14. The van der Waals surface area contributed by atoms with Crippen LogP contribution in [0.4, 0.5) is 0 Å². The molecule has 0 unspecified atom stereocenters. The largest absolute Gasteiger partial charge is 0.497 e. The standard InChI is InChI=1S/C14H17NO3S/c1-17-12-3-5-13(6-4-12)18-9-2-7-15-8-10-19-11-14(15)16/h3-6,8,10H,2,7,9,11H2,1H3. The molecule has 0 aliphatic carbocycles. The van der Waals surface area contributed by atoms with Gasteiger partial charge in [-0.05, 0) is 36.1 Å². The number of benzene rings is 1. The van der Waals surface area contributed by atoms with Crippen LogP contribution in [-0.2, 0) is 4.79 Å². The number of hydrogen-bond donors (Lipinski definition) is 0. The minimum Gasteiger partial charge on any atom is -0.497 e. The first-order chi connectivity index (χ1) is 9.29. The molecule has 1 aromatic carbocycles. The molecule has 19 heavy (non-hydrogen) atoms. The number of carbonyl (C=O) groups excluding carboxylic acids is 1. The Morgan fingerprint density at radius 2 is 2.00 bits per heavy atom. The lowest BCUT2D eigenvalue weighted by molar-refractivity contribution is -0.126. The van der Waals surface area contributed by atoms with Gasteiger partial charge >= 0.3 is 0 Å². The lowest BCUT2D eigenvalue weighted by Gasteiger charge is -2.20. The van der Waals surface area contributed by atoms with E-state index in [1.807, 2.05) is 35.9 Å². The summed E-state index contributed by atoms with van der Waals surface area (Å²) in [7, 11) is 1.64. The zero-order valence-electron chi connectivity index (χ0n) is 10.9. The van der Waals surface area contributed by atoms with Gasteiger partial charge in [-0.1, -0.05) is 0 Å². The summed E-state index contributed by atoms with van der Waals surface area (Å²) in [6.07, 6.45) is 2.65. The van der Waals surface area contributed by atoms with Crippen molar-refractivity contribution in [3.8, 4) is 11.5 Å². The lowest BCUT2D eigenvalue weighted by atomic mass is 10.3. The molecule has 0 bridgehead atoms. The van der Waals surface area contributed by atoms with Gasteiger partial charge < -0.3 is 14.4 Å². The highest BCUT2D eigenvalue weighted by molar-refractivity contribution is 8.02. The number of rotatable bonds is 6. The molecule has 0 saturated carbocycles. The van der Waals surface area contributed by atoms with Gasteiger partial charge in [0.25, 0.3) is 0 Å². The number of thioether (sulfide) groups is 1. The zero-order chi connectivity index (χ0) is 13.5. The first-order valence-corrected chi connectivity index (χ1v) is 7.19. The number of hydrogen-bond acceptors (Lipinski definition) is 4. The predicted molar refractivity (Wildman–Crippen MR) is 76.4 cm³/mol. The van der Waals surface area contributed by atoms with Crippen molar-refractivity contribution in [2.45, 2.75) is 6.42 Å². The van der Waals surface area contributed by atoms with Crippen molar-refractivity contribution in [1.29, 1.82) is 0 Å². The lowest BCUT2D eigenvalue weighted by Crippen LogP contribution is -2.30. The summed E-state index contributed by atoms with van der Waals surface area (Å²) in [5, 5.41) is 1.95. The number of carbonyl (C=O) groups is 1. The van der Waals surface area contributed by atoms with Crippen LogP contribution in [0.25, 0.3) is 0 Å². The molecule has 2 rings (SSSR count). The van der Waals surface area contributed by atoms with Crippen molar-refractivity contribution >= 4 is 17.7 Å². The SMILES string of the molecule is COc1ccc(OCCCN2C=CSCC2=O)cc1. The highest BCUT2D eigenvalue weighted by Crippen LogP contribution is 2.17. The fourth-order valence-corrected chi connectivity index (χ4v) is 2.34. The molecule has 1 aromatic rings.